The Morgan fingerprint density at radius 2 is 1.48 bits per heavy atom. The quantitative estimate of drug-likeness (QED) is 0.511. The van der Waals surface area contributed by atoms with E-state index in [0.717, 1.165) is 17.7 Å². The van der Waals surface area contributed by atoms with Gasteiger partial charge >= 0.3 is 0 Å². The Hall–Kier alpha value is -2.95. The highest BCUT2D eigenvalue weighted by atomic mass is 16.3. The average molecular weight is 286 g/mol. The summed E-state index contributed by atoms with van der Waals surface area (Å²) in [7, 11) is 0. The van der Waals surface area contributed by atoms with Crippen LogP contribution in [0.2, 0.25) is 0 Å². The first-order valence-corrected chi connectivity index (χ1v) is 6.21. The van der Waals surface area contributed by atoms with Gasteiger partial charge in [0.15, 0.2) is 5.78 Å². The molecule has 21 heavy (non-hydrogen) atoms. The Kier molecular flexibility index (Phi) is 4.13. The number of carbonyl (C=O) groups excluding carboxylic acids is 1. The number of aromatic hydroxyl groups is 4. The molecule has 0 bridgehead atoms. The number of carbonyl (C=O) groups is 1. The van der Waals surface area contributed by atoms with Crippen molar-refractivity contribution in [3.63, 3.8) is 0 Å². The lowest BCUT2D eigenvalue weighted by Crippen LogP contribution is -1.96. The minimum absolute atomic E-state index is 0.165. The van der Waals surface area contributed by atoms with Crippen LogP contribution < -0.4 is 0 Å². The van der Waals surface area contributed by atoms with Crippen molar-refractivity contribution in [2.45, 2.75) is 6.42 Å². The van der Waals surface area contributed by atoms with E-state index >= 15 is 0 Å². The van der Waals surface area contributed by atoms with E-state index in [1.807, 2.05) is 0 Å². The first-order valence-electron chi connectivity index (χ1n) is 6.21. The second kappa shape index (κ2) is 6.00. The third-order valence-corrected chi connectivity index (χ3v) is 2.89. The van der Waals surface area contributed by atoms with E-state index in [9.17, 15) is 20.1 Å². The summed E-state index contributed by atoms with van der Waals surface area (Å²) in [6, 6.07) is 8.51. The van der Waals surface area contributed by atoms with Gasteiger partial charge in [-0.25, -0.2) is 0 Å². The highest BCUT2D eigenvalue weighted by molar-refractivity contribution is 6.08. The van der Waals surface area contributed by atoms with Gasteiger partial charge in [0.05, 0.1) is 0 Å². The van der Waals surface area contributed by atoms with Crippen LogP contribution in [0, 0.1) is 0 Å². The van der Waals surface area contributed by atoms with Crippen LogP contribution in [0.3, 0.4) is 0 Å². The molecule has 0 heterocycles. The molecule has 2 aromatic rings. The summed E-state index contributed by atoms with van der Waals surface area (Å²) in [6.07, 6.45) is 3.28. The zero-order chi connectivity index (χ0) is 15.4. The lowest BCUT2D eigenvalue weighted by Gasteiger charge is -2.04. The topological polar surface area (TPSA) is 98.0 Å². The van der Waals surface area contributed by atoms with Gasteiger partial charge in [-0.15, -0.1) is 0 Å². The van der Waals surface area contributed by atoms with Crippen molar-refractivity contribution >= 4 is 5.78 Å². The fourth-order valence-corrected chi connectivity index (χ4v) is 1.87. The van der Waals surface area contributed by atoms with Crippen molar-refractivity contribution in [3.8, 4) is 23.0 Å². The van der Waals surface area contributed by atoms with Crippen molar-refractivity contribution < 1.29 is 25.2 Å². The first-order chi connectivity index (χ1) is 9.97. The normalized spacial score (nSPS) is 10.9. The molecule has 0 aliphatic carbocycles. The maximum Gasteiger partial charge on any atom is 0.193 e. The SMILES string of the molecule is O=C(/C=C/Cc1ccc(O)cc1)c1c(O)cc(O)cc1O. The molecule has 2 rings (SSSR count). The van der Waals surface area contributed by atoms with Crippen LogP contribution in [-0.2, 0) is 6.42 Å². The average Bonchev–Trinajstić information content (AvgIpc) is 2.40. The number of allylic oxidation sites excluding steroid dienone is 2. The fourth-order valence-electron chi connectivity index (χ4n) is 1.87. The summed E-state index contributed by atoms with van der Waals surface area (Å²) in [5.41, 5.74) is 0.644. The highest BCUT2D eigenvalue weighted by Gasteiger charge is 2.15. The molecule has 108 valence electrons. The predicted molar refractivity (Wildman–Crippen MR) is 76.7 cm³/mol. The molecule has 0 aromatic heterocycles. The van der Waals surface area contributed by atoms with Crippen molar-refractivity contribution in [1.82, 2.24) is 0 Å². The van der Waals surface area contributed by atoms with Gasteiger partial charge in [0, 0.05) is 12.1 Å². The molecule has 0 atom stereocenters. The summed E-state index contributed by atoms with van der Waals surface area (Å²) in [6.45, 7) is 0. The van der Waals surface area contributed by atoms with E-state index in [2.05, 4.69) is 0 Å². The first kappa shape index (κ1) is 14.5. The minimum Gasteiger partial charge on any atom is -0.508 e. The van der Waals surface area contributed by atoms with Crippen LogP contribution in [0.1, 0.15) is 15.9 Å². The number of hydrogen-bond donors (Lipinski definition) is 4. The number of phenols is 4. The largest absolute Gasteiger partial charge is 0.508 e. The van der Waals surface area contributed by atoms with Gasteiger partial charge in [0.1, 0.15) is 28.6 Å². The molecular formula is C16H14O5. The number of hydrogen-bond acceptors (Lipinski definition) is 5. The van der Waals surface area contributed by atoms with E-state index in [1.54, 1.807) is 30.3 Å². The molecule has 0 fully saturated rings. The van der Waals surface area contributed by atoms with Gasteiger partial charge in [-0.05, 0) is 30.2 Å². The number of phenolic OH excluding ortho intramolecular Hbond substituents is 4. The fraction of sp³-hybridized carbons (Fsp3) is 0.0625. The number of ketones is 1. The van der Waals surface area contributed by atoms with Gasteiger partial charge < -0.3 is 20.4 Å². The summed E-state index contributed by atoms with van der Waals surface area (Å²) >= 11 is 0. The zero-order valence-electron chi connectivity index (χ0n) is 11.0. The van der Waals surface area contributed by atoms with Crippen LogP contribution in [0.4, 0.5) is 0 Å². The van der Waals surface area contributed by atoms with Gasteiger partial charge in [-0.3, -0.25) is 4.79 Å². The van der Waals surface area contributed by atoms with Crippen molar-refractivity contribution in [1.29, 1.82) is 0 Å². The van der Waals surface area contributed by atoms with Gasteiger partial charge in [-0.2, -0.15) is 0 Å². The van der Waals surface area contributed by atoms with E-state index in [1.165, 1.54) is 6.08 Å². The van der Waals surface area contributed by atoms with Crippen LogP contribution in [0.15, 0.2) is 48.6 Å². The van der Waals surface area contributed by atoms with E-state index in [4.69, 9.17) is 5.11 Å². The second-order valence-corrected chi connectivity index (χ2v) is 4.50. The van der Waals surface area contributed by atoms with Crippen LogP contribution in [0.5, 0.6) is 23.0 Å². The van der Waals surface area contributed by atoms with Crippen LogP contribution in [0.25, 0.3) is 0 Å². The number of benzene rings is 2. The lowest BCUT2D eigenvalue weighted by molar-refractivity contribution is 0.104. The zero-order valence-corrected chi connectivity index (χ0v) is 11.0. The van der Waals surface area contributed by atoms with Crippen LogP contribution in [-0.4, -0.2) is 26.2 Å². The standard InChI is InChI=1S/C16H14O5/c17-11-6-4-10(5-7-11)2-1-3-13(19)16-14(20)8-12(18)9-15(16)21/h1,3-9,17-18,20-21H,2H2/b3-1+. The molecule has 0 amide bonds. The molecule has 4 N–H and O–H groups in total. The summed E-state index contributed by atoms with van der Waals surface area (Å²) < 4.78 is 0. The van der Waals surface area contributed by atoms with Crippen LogP contribution >= 0.6 is 0 Å². The Labute approximate surface area is 121 Å². The molecular weight excluding hydrogens is 272 g/mol. The third kappa shape index (κ3) is 3.54. The maximum absolute atomic E-state index is 11.9. The smallest absolute Gasteiger partial charge is 0.193 e. The Balaban J connectivity index is 2.11. The predicted octanol–water partition coefficient (Wildman–Crippen LogP) is 2.49. The van der Waals surface area contributed by atoms with E-state index in [0.29, 0.717) is 6.42 Å². The summed E-state index contributed by atoms with van der Waals surface area (Å²) in [4.78, 5) is 11.9. The highest BCUT2D eigenvalue weighted by Crippen LogP contribution is 2.32. The van der Waals surface area contributed by atoms with Crippen molar-refractivity contribution in [2.75, 3.05) is 0 Å². The molecule has 0 radical (unpaired) electrons. The molecule has 0 saturated heterocycles. The molecule has 0 spiro atoms. The second-order valence-electron chi connectivity index (χ2n) is 4.50. The van der Waals surface area contributed by atoms with Gasteiger partial charge in [0.25, 0.3) is 0 Å². The Morgan fingerprint density at radius 3 is 2.05 bits per heavy atom. The molecule has 0 unspecified atom stereocenters. The van der Waals surface area contributed by atoms with E-state index < -0.39 is 17.3 Å². The lowest BCUT2D eigenvalue weighted by atomic mass is 10.1. The maximum atomic E-state index is 11.9. The molecule has 5 nitrogen and oxygen atoms in total. The number of rotatable bonds is 4. The third-order valence-electron chi connectivity index (χ3n) is 2.89. The molecule has 0 aliphatic heterocycles. The van der Waals surface area contributed by atoms with E-state index in [-0.39, 0.29) is 17.1 Å². The Bertz CT molecular complexity index is 663. The van der Waals surface area contributed by atoms with Gasteiger partial charge in [-0.1, -0.05) is 18.2 Å². The monoisotopic (exact) mass is 286 g/mol. The molecule has 2 aromatic carbocycles. The van der Waals surface area contributed by atoms with Crippen molar-refractivity contribution in [2.24, 2.45) is 0 Å². The minimum atomic E-state index is -0.566. The molecule has 0 aliphatic rings. The van der Waals surface area contributed by atoms with Crippen molar-refractivity contribution in [3.05, 3.63) is 59.7 Å². The summed E-state index contributed by atoms with van der Waals surface area (Å²) in [5, 5.41) is 37.5. The molecule has 0 saturated carbocycles. The van der Waals surface area contributed by atoms with Gasteiger partial charge in [0.2, 0.25) is 0 Å². The summed E-state index contributed by atoms with van der Waals surface area (Å²) in [5.74, 6) is -1.69. The Morgan fingerprint density at radius 1 is 0.905 bits per heavy atom. The molecule has 5 heteroatoms.